The summed E-state index contributed by atoms with van der Waals surface area (Å²) in [7, 11) is 0. The van der Waals surface area contributed by atoms with Crippen LogP contribution in [0.2, 0.25) is 0 Å². The van der Waals surface area contributed by atoms with Crippen molar-refractivity contribution in [1.29, 1.82) is 0 Å². The Bertz CT molecular complexity index is 404. The van der Waals surface area contributed by atoms with Gasteiger partial charge >= 0.3 is 0 Å². The molecule has 172 valence electrons. The van der Waals surface area contributed by atoms with Gasteiger partial charge in [-0.25, -0.2) is 0 Å². The van der Waals surface area contributed by atoms with Crippen molar-refractivity contribution < 1.29 is 20.1 Å². The van der Waals surface area contributed by atoms with Crippen LogP contribution in [0.15, 0.2) is 12.2 Å². The van der Waals surface area contributed by atoms with Crippen LogP contribution in [0, 0.1) is 0 Å². The van der Waals surface area contributed by atoms with E-state index in [0.29, 0.717) is 0 Å². The second-order valence-electron chi connectivity index (χ2n) is 8.49. The van der Waals surface area contributed by atoms with Gasteiger partial charge in [-0.3, -0.25) is 0 Å². The van der Waals surface area contributed by atoms with Gasteiger partial charge in [0.1, 0.15) is 23.7 Å². The number of thioether (sulfide) groups is 1. The average molecular weight is 431 g/mol. The first-order valence-electron chi connectivity index (χ1n) is 12.0. The molecule has 29 heavy (non-hydrogen) atoms. The lowest BCUT2D eigenvalue weighted by Crippen LogP contribution is -2.55. The van der Waals surface area contributed by atoms with E-state index < -0.39 is 29.9 Å². The highest BCUT2D eigenvalue weighted by atomic mass is 32.2. The highest BCUT2D eigenvalue weighted by Gasteiger charge is 2.41. The summed E-state index contributed by atoms with van der Waals surface area (Å²) in [6.07, 6.45) is 19.3. The van der Waals surface area contributed by atoms with E-state index in [0.717, 1.165) is 12.2 Å². The molecule has 5 heteroatoms. The minimum absolute atomic E-state index is 0.438. The van der Waals surface area contributed by atoms with Crippen molar-refractivity contribution in [3.8, 4) is 0 Å². The van der Waals surface area contributed by atoms with Crippen LogP contribution in [0.5, 0.6) is 0 Å². The first kappa shape index (κ1) is 27.0. The fourth-order valence-corrected chi connectivity index (χ4v) is 4.92. The molecule has 5 atom stereocenters. The van der Waals surface area contributed by atoms with Crippen molar-refractivity contribution in [3.63, 3.8) is 0 Å². The molecule has 1 heterocycles. The van der Waals surface area contributed by atoms with Crippen molar-refractivity contribution in [1.82, 2.24) is 0 Å². The molecule has 0 amide bonds. The maximum absolute atomic E-state index is 10.00. The van der Waals surface area contributed by atoms with Crippen LogP contribution in [0.1, 0.15) is 104 Å². The largest absolute Gasteiger partial charge is 0.388 e. The Morgan fingerprint density at radius 3 is 1.79 bits per heavy atom. The number of ether oxygens (including phenoxy) is 1. The van der Waals surface area contributed by atoms with E-state index in [4.69, 9.17) is 4.74 Å². The SMILES string of the molecule is CCCCCCCC/C=C\CCCCCCCCS[C@H]1O[C@@H](C)[C@@H](O)[C@@H](O)[C@@H]1O. The molecule has 1 saturated heterocycles. The summed E-state index contributed by atoms with van der Waals surface area (Å²) >= 11 is 1.55. The van der Waals surface area contributed by atoms with Gasteiger partial charge in [0, 0.05) is 0 Å². The van der Waals surface area contributed by atoms with E-state index in [9.17, 15) is 15.3 Å². The molecular weight excluding hydrogens is 384 g/mol. The number of unbranched alkanes of at least 4 members (excludes halogenated alkanes) is 12. The zero-order valence-electron chi connectivity index (χ0n) is 18.8. The van der Waals surface area contributed by atoms with E-state index >= 15 is 0 Å². The van der Waals surface area contributed by atoms with Crippen LogP contribution in [0.3, 0.4) is 0 Å². The molecule has 1 aliphatic rings. The summed E-state index contributed by atoms with van der Waals surface area (Å²) < 4.78 is 5.61. The van der Waals surface area contributed by atoms with Crippen molar-refractivity contribution in [2.75, 3.05) is 5.75 Å². The van der Waals surface area contributed by atoms with Gasteiger partial charge < -0.3 is 20.1 Å². The Morgan fingerprint density at radius 1 is 0.690 bits per heavy atom. The standard InChI is InChI=1S/C24H46O4S/c1-3-4-5-6-7-8-9-10-11-12-13-14-15-16-17-18-19-29-24-23(27)22(26)21(25)20(2)28-24/h10-11,20-27H,3-9,12-19H2,1-2H3/b11-10-/t20-,21+,22+,23-,24+/m0/s1. The summed E-state index contributed by atoms with van der Waals surface area (Å²) in [5.74, 6) is 0.915. The van der Waals surface area contributed by atoms with Gasteiger partial charge in [-0.2, -0.15) is 0 Å². The van der Waals surface area contributed by atoms with Crippen molar-refractivity contribution in [3.05, 3.63) is 12.2 Å². The van der Waals surface area contributed by atoms with E-state index in [-0.39, 0.29) is 0 Å². The predicted molar refractivity (Wildman–Crippen MR) is 124 cm³/mol. The predicted octanol–water partition coefficient (Wildman–Crippen LogP) is 5.58. The molecule has 0 aromatic rings. The number of aliphatic hydroxyl groups excluding tert-OH is 3. The smallest absolute Gasteiger partial charge is 0.132 e. The summed E-state index contributed by atoms with van der Waals surface area (Å²) in [6, 6.07) is 0. The molecule has 0 aliphatic carbocycles. The molecule has 0 spiro atoms. The number of allylic oxidation sites excluding steroid dienone is 2. The van der Waals surface area contributed by atoms with Crippen molar-refractivity contribution in [2.24, 2.45) is 0 Å². The lowest BCUT2D eigenvalue weighted by Gasteiger charge is -2.39. The van der Waals surface area contributed by atoms with Gasteiger partial charge in [0.2, 0.25) is 0 Å². The average Bonchev–Trinajstić information content (AvgIpc) is 2.72. The minimum Gasteiger partial charge on any atom is -0.388 e. The van der Waals surface area contributed by atoms with Crippen LogP contribution in [-0.4, -0.2) is 50.9 Å². The van der Waals surface area contributed by atoms with E-state index in [1.165, 1.54) is 83.5 Å². The lowest BCUT2D eigenvalue weighted by atomic mass is 10.0. The maximum Gasteiger partial charge on any atom is 0.132 e. The zero-order chi connectivity index (χ0) is 21.3. The molecule has 4 nitrogen and oxygen atoms in total. The molecule has 1 fully saturated rings. The monoisotopic (exact) mass is 430 g/mol. The van der Waals surface area contributed by atoms with Gasteiger partial charge in [0.05, 0.1) is 6.10 Å². The van der Waals surface area contributed by atoms with Crippen molar-refractivity contribution >= 4 is 11.8 Å². The molecule has 0 aromatic carbocycles. The molecule has 1 aliphatic heterocycles. The van der Waals surface area contributed by atoms with E-state index in [1.54, 1.807) is 18.7 Å². The van der Waals surface area contributed by atoms with Gasteiger partial charge in [0.25, 0.3) is 0 Å². The number of aliphatic hydroxyl groups is 3. The van der Waals surface area contributed by atoms with Crippen molar-refractivity contribution in [2.45, 2.75) is 134 Å². The minimum atomic E-state index is -1.11. The Hall–Kier alpha value is -0.0700. The van der Waals surface area contributed by atoms with Crippen LogP contribution in [0.25, 0.3) is 0 Å². The highest BCUT2D eigenvalue weighted by molar-refractivity contribution is 7.99. The van der Waals surface area contributed by atoms with Crippen LogP contribution >= 0.6 is 11.8 Å². The zero-order valence-corrected chi connectivity index (χ0v) is 19.6. The number of hydrogen-bond acceptors (Lipinski definition) is 5. The van der Waals surface area contributed by atoms with Crippen LogP contribution in [0.4, 0.5) is 0 Å². The van der Waals surface area contributed by atoms with Gasteiger partial charge in [-0.1, -0.05) is 76.9 Å². The Kier molecular flexibility index (Phi) is 16.4. The Morgan fingerprint density at radius 2 is 1.21 bits per heavy atom. The quantitative estimate of drug-likeness (QED) is 0.207. The molecule has 0 aromatic heterocycles. The fraction of sp³-hybridized carbons (Fsp3) is 0.917. The summed E-state index contributed by atoms with van der Waals surface area (Å²) in [4.78, 5) is 0. The molecule has 0 unspecified atom stereocenters. The third kappa shape index (κ3) is 12.4. The van der Waals surface area contributed by atoms with Gasteiger partial charge in [-0.15, -0.1) is 11.8 Å². The first-order chi connectivity index (χ1) is 14.1. The topological polar surface area (TPSA) is 69.9 Å². The molecule has 0 saturated carbocycles. The summed E-state index contributed by atoms with van der Waals surface area (Å²) in [5.41, 5.74) is -0.438. The third-order valence-corrected chi connectivity index (χ3v) is 6.99. The Labute approximate surface area is 183 Å². The first-order valence-corrected chi connectivity index (χ1v) is 13.1. The molecule has 0 radical (unpaired) electrons. The normalized spacial score (nSPS) is 27.7. The fourth-order valence-electron chi connectivity index (χ4n) is 3.70. The molecule has 3 N–H and O–H groups in total. The third-order valence-electron chi connectivity index (χ3n) is 5.75. The van der Waals surface area contributed by atoms with Crippen LogP contribution < -0.4 is 0 Å². The molecule has 1 rings (SSSR count). The Balaban J connectivity index is 1.86. The lowest BCUT2D eigenvalue weighted by molar-refractivity contribution is -0.192. The maximum atomic E-state index is 10.00. The molecular formula is C24H46O4S. The number of rotatable bonds is 17. The van der Waals surface area contributed by atoms with Crippen LogP contribution in [-0.2, 0) is 4.74 Å². The number of hydrogen-bond donors (Lipinski definition) is 3. The van der Waals surface area contributed by atoms with E-state index in [2.05, 4.69) is 19.1 Å². The van der Waals surface area contributed by atoms with E-state index in [1.807, 2.05) is 0 Å². The second-order valence-corrected chi connectivity index (χ2v) is 9.70. The molecule has 0 bridgehead atoms. The van der Waals surface area contributed by atoms with Gasteiger partial charge in [0.15, 0.2) is 0 Å². The highest BCUT2D eigenvalue weighted by Crippen LogP contribution is 2.29. The summed E-state index contributed by atoms with van der Waals surface area (Å²) in [6.45, 7) is 4.00. The van der Waals surface area contributed by atoms with Gasteiger partial charge in [-0.05, 0) is 44.8 Å². The second kappa shape index (κ2) is 17.6. The summed E-state index contributed by atoms with van der Waals surface area (Å²) in [5, 5.41) is 29.5.